The van der Waals surface area contributed by atoms with Crippen LogP contribution in [0.1, 0.15) is 41.6 Å². The predicted octanol–water partition coefficient (Wildman–Crippen LogP) is 5.73. The fourth-order valence-corrected chi connectivity index (χ4v) is 3.75. The molecule has 22 heavy (non-hydrogen) atoms. The summed E-state index contributed by atoms with van der Waals surface area (Å²) in [6.07, 6.45) is 1.76. The third-order valence-corrected chi connectivity index (χ3v) is 5.16. The lowest BCUT2D eigenvalue weighted by Gasteiger charge is -2.05. The largest absolute Gasteiger partial charge is 0.462 e. The lowest BCUT2D eigenvalue weighted by Crippen LogP contribution is -2.05. The quantitative estimate of drug-likeness (QED) is 0.508. The number of halogens is 1. The van der Waals surface area contributed by atoms with Crippen LogP contribution in [0.5, 0.6) is 0 Å². The summed E-state index contributed by atoms with van der Waals surface area (Å²) in [6, 6.07) is 4.00. The van der Waals surface area contributed by atoms with Gasteiger partial charge in [-0.3, -0.25) is 0 Å². The molecular formula is C16H16ClNO2S2. The Balaban J connectivity index is 2.48. The maximum Gasteiger partial charge on any atom is 0.339 e. The molecule has 6 heteroatoms. The third kappa shape index (κ3) is 3.66. The van der Waals surface area contributed by atoms with Crippen LogP contribution >= 0.6 is 34.3 Å². The van der Waals surface area contributed by atoms with Crippen LogP contribution in [-0.2, 0) is 4.74 Å². The highest BCUT2D eigenvalue weighted by molar-refractivity contribution is 7.15. The molecule has 0 saturated heterocycles. The van der Waals surface area contributed by atoms with Crippen molar-refractivity contribution in [3.8, 4) is 0 Å². The van der Waals surface area contributed by atoms with Crippen molar-refractivity contribution >= 4 is 56.0 Å². The fourth-order valence-electron chi connectivity index (χ4n) is 1.86. The Morgan fingerprint density at radius 3 is 2.82 bits per heavy atom. The van der Waals surface area contributed by atoms with Gasteiger partial charge in [-0.05, 0) is 32.2 Å². The van der Waals surface area contributed by atoms with E-state index in [0.29, 0.717) is 22.8 Å². The van der Waals surface area contributed by atoms with Gasteiger partial charge in [-0.1, -0.05) is 23.7 Å². The van der Waals surface area contributed by atoms with E-state index < -0.39 is 0 Å². The zero-order valence-corrected chi connectivity index (χ0v) is 14.9. The van der Waals surface area contributed by atoms with Crippen molar-refractivity contribution in [1.29, 1.82) is 0 Å². The van der Waals surface area contributed by atoms with E-state index in [0.717, 1.165) is 15.6 Å². The van der Waals surface area contributed by atoms with E-state index in [1.807, 2.05) is 31.4 Å². The number of rotatable bonds is 5. The Hall–Kier alpha value is -1.43. The summed E-state index contributed by atoms with van der Waals surface area (Å²) in [4.78, 5) is 17.8. The molecule has 0 bridgehead atoms. The molecule has 0 aliphatic carbocycles. The molecule has 0 saturated carbocycles. The fraction of sp³-hybridized carbons (Fsp3) is 0.250. The number of hydrogen-bond acceptors (Lipinski definition) is 5. The van der Waals surface area contributed by atoms with Crippen molar-refractivity contribution in [2.24, 2.45) is 4.99 Å². The van der Waals surface area contributed by atoms with Crippen LogP contribution < -0.4 is 0 Å². The second-order valence-electron chi connectivity index (χ2n) is 4.36. The monoisotopic (exact) mass is 353 g/mol. The minimum atomic E-state index is -0.371. The molecule has 0 aliphatic rings. The molecule has 2 aromatic rings. The first-order valence-electron chi connectivity index (χ1n) is 6.78. The number of aliphatic imine (C=N–C) groups is 1. The van der Waals surface area contributed by atoms with E-state index >= 15 is 0 Å². The van der Waals surface area contributed by atoms with Crippen LogP contribution in [0.2, 0.25) is 0 Å². The topological polar surface area (TPSA) is 38.7 Å². The van der Waals surface area contributed by atoms with Gasteiger partial charge in [-0.15, -0.1) is 22.7 Å². The molecule has 0 atom stereocenters. The Kier molecular flexibility index (Phi) is 5.94. The molecule has 2 rings (SSSR count). The van der Waals surface area contributed by atoms with E-state index in [-0.39, 0.29) is 5.97 Å². The van der Waals surface area contributed by atoms with Gasteiger partial charge in [0.05, 0.1) is 17.9 Å². The second kappa shape index (κ2) is 7.72. The lowest BCUT2D eigenvalue weighted by atomic mass is 10.1. The molecular weight excluding hydrogens is 338 g/mol. The number of carbonyl (C=O) groups excluding carboxylic acids is 1. The van der Waals surface area contributed by atoms with E-state index in [2.05, 4.69) is 4.99 Å². The smallest absolute Gasteiger partial charge is 0.339 e. The number of nitrogens with zero attached hydrogens (tertiary/aromatic N) is 1. The molecule has 0 aromatic carbocycles. The zero-order chi connectivity index (χ0) is 16.1. The van der Waals surface area contributed by atoms with Crippen molar-refractivity contribution in [3.63, 3.8) is 0 Å². The molecule has 0 amide bonds. The zero-order valence-electron chi connectivity index (χ0n) is 12.6. The molecule has 2 heterocycles. The third-order valence-electron chi connectivity index (χ3n) is 2.91. The number of esters is 1. The second-order valence-corrected chi connectivity index (χ2v) is 6.57. The van der Waals surface area contributed by atoms with Gasteiger partial charge in [0.1, 0.15) is 5.00 Å². The Bertz CT molecular complexity index is 715. The highest BCUT2D eigenvalue weighted by Gasteiger charge is 2.21. The van der Waals surface area contributed by atoms with Crippen molar-refractivity contribution in [3.05, 3.63) is 45.0 Å². The van der Waals surface area contributed by atoms with Gasteiger partial charge in [0.15, 0.2) is 0 Å². The van der Waals surface area contributed by atoms with E-state index in [4.69, 9.17) is 16.3 Å². The summed E-state index contributed by atoms with van der Waals surface area (Å²) in [5, 5.41) is 4.98. The van der Waals surface area contributed by atoms with Crippen LogP contribution in [0, 0.1) is 0 Å². The van der Waals surface area contributed by atoms with Crippen LogP contribution in [0.15, 0.2) is 34.0 Å². The number of allylic oxidation sites excluding steroid dienone is 1. The highest BCUT2D eigenvalue weighted by Crippen LogP contribution is 2.39. The molecule has 0 radical (unpaired) electrons. The Morgan fingerprint density at radius 2 is 2.23 bits per heavy atom. The summed E-state index contributed by atoms with van der Waals surface area (Å²) >= 11 is 9.31. The number of thiophene rings is 2. The number of ether oxygens (including phenoxy) is 1. The van der Waals surface area contributed by atoms with Gasteiger partial charge < -0.3 is 4.74 Å². The summed E-state index contributed by atoms with van der Waals surface area (Å²) in [6.45, 7) is 5.88. The Morgan fingerprint density at radius 1 is 1.45 bits per heavy atom. The first-order chi connectivity index (χ1) is 10.6. The van der Waals surface area contributed by atoms with Gasteiger partial charge >= 0.3 is 5.97 Å². The number of hydrogen-bond donors (Lipinski definition) is 0. The van der Waals surface area contributed by atoms with Crippen molar-refractivity contribution in [1.82, 2.24) is 0 Å². The first-order valence-corrected chi connectivity index (χ1v) is 8.92. The van der Waals surface area contributed by atoms with Crippen molar-refractivity contribution in [2.75, 3.05) is 6.61 Å². The normalized spacial score (nSPS) is 12.5. The van der Waals surface area contributed by atoms with Crippen molar-refractivity contribution < 1.29 is 9.53 Å². The predicted molar refractivity (Wildman–Crippen MR) is 96.0 cm³/mol. The van der Waals surface area contributed by atoms with Gasteiger partial charge in [-0.25, -0.2) is 9.79 Å². The minimum Gasteiger partial charge on any atom is -0.462 e. The van der Waals surface area contributed by atoms with Crippen LogP contribution in [0.4, 0.5) is 5.00 Å². The molecule has 0 aliphatic heterocycles. The van der Waals surface area contributed by atoms with E-state index in [1.54, 1.807) is 29.7 Å². The summed E-state index contributed by atoms with van der Waals surface area (Å²) in [5.41, 5.74) is 2.00. The van der Waals surface area contributed by atoms with E-state index in [1.165, 1.54) is 11.3 Å². The molecule has 116 valence electrons. The maximum atomic E-state index is 12.1. The molecule has 0 unspecified atom stereocenters. The van der Waals surface area contributed by atoms with Gasteiger partial charge in [0.2, 0.25) is 0 Å². The molecule has 0 spiro atoms. The summed E-state index contributed by atoms with van der Waals surface area (Å²) < 4.78 is 5.09. The van der Waals surface area contributed by atoms with Crippen LogP contribution in [0.25, 0.3) is 5.03 Å². The number of carbonyl (C=O) groups is 1. The maximum absolute atomic E-state index is 12.1. The minimum absolute atomic E-state index is 0.328. The van der Waals surface area contributed by atoms with Crippen LogP contribution in [-0.4, -0.2) is 18.3 Å². The van der Waals surface area contributed by atoms with Gasteiger partial charge in [0.25, 0.3) is 0 Å². The lowest BCUT2D eigenvalue weighted by molar-refractivity contribution is 0.0527. The molecule has 0 fully saturated rings. The average Bonchev–Trinajstić information content (AvgIpc) is 3.16. The average molecular weight is 354 g/mol. The van der Waals surface area contributed by atoms with E-state index in [9.17, 15) is 4.79 Å². The van der Waals surface area contributed by atoms with Crippen molar-refractivity contribution in [2.45, 2.75) is 20.8 Å². The summed E-state index contributed by atoms with van der Waals surface area (Å²) in [7, 11) is 0. The highest BCUT2D eigenvalue weighted by atomic mass is 35.5. The SMILES string of the molecule is CC=C(Cl)c1c(C(=O)OCC)csc1N=C(C)c1cccs1. The molecule has 2 aromatic heterocycles. The van der Waals surface area contributed by atoms with Crippen LogP contribution in [0.3, 0.4) is 0 Å². The standard InChI is InChI=1S/C16H16ClNO2S2/c1-4-12(17)14-11(16(19)20-5-2)9-22-15(14)18-10(3)13-7-6-8-21-13/h4,6-9H,5H2,1-3H3. The van der Waals surface area contributed by atoms with Gasteiger partial charge in [-0.2, -0.15) is 0 Å². The summed E-state index contributed by atoms with van der Waals surface area (Å²) in [5.74, 6) is -0.371. The first kappa shape index (κ1) is 16.9. The Labute approximate surface area is 142 Å². The molecule has 0 N–H and O–H groups in total. The molecule has 3 nitrogen and oxygen atoms in total. The van der Waals surface area contributed by atoms with Gasteiger partial charge in [0, 0.05) is 20.9 Å².